The topological polar surface area (TPSA) is 78.3 Å². The van der Waals surface area contributed by atoms with Gasteiger partial charge in [-0.25, -0.2) is 9.18 Å². The van der Waals surface area contributed by atoms with Crippen molar-refractivity contribution in [1.29, 1.82) is 0 Å². The highest BCUT2D eigenvalue weighted by atomic mass is 19.1. The molecule has 0 radical (unpaired) electrons. The van der Waals surface area contributed by atoms with Crippen LogP contribution in [0.15, 0.2) is 12.1 Å². The number of carbonyl (C=O) groups is 1. The fraction of sp³-hybridized carbons (Fsp3) is 0.222. The number of nitrogens with two attached hydrogens (primary N) is 2. The van der Waals surface area contributed by atoms with Crippen molar-refractivity contribution in [1.82, 2.24) is 0 Å². The first-order valence-corrected chi connectivity index (χ1v) is 4.08. The Morgan fingerprint density at radius 1 is 1.50 bits per heavy atom. The second-order valence-corrected chi connectivity index (χ2v) is 2.65. The van der Waals surface area contributed by atoms with Crippen LogP contribution in [0.2, 0.25) is 0 Å². The van der Waals surface area contributed by atoms with Gasteiger partial charge in [0.05, 0.1) is 23.5 Å². The summed E-state index contributed by atoms with van der Waals surface area (Å²) in [5.74, 6) is -1.57. The van der Waals surface area contributed by atoms with E-state index in [-0.39, 0.29) is 23.5 Å². The largest absolute Gasteiger partial charge is 0.462 e. The van der Waals surface area contributed by atoms with Gasteiger partial charge in [0.2, 0.25) is 0 Å². The molecule has 1 aromatic rings. The van der Waals surface area contributed by atoms with Gasteiger partial charge in [0, 0.05) is 0 Å². The van der Waals surface area contributed by atoms with E-state index in [0.717, 1.165) is 0 Å². The second-order valence-electron chi connectivity index (χ2n) is 2.65. The fourth-order valence-corrected chi connectivity index (χ4v) is 0.974. The van der Waals surface area contributed by atoms with E-state index < -0.39 is 11.8 Å². The van der Waals surface area contributed by atoms with Gasteiger partial charge in [0.25, 0.3) is 0 Å². The van der Waals surface area contributed by atoms with Gasteiger partial charge in [-0.2, -0.15) is 0 Å². The molecule has 1 aromatic carbocycles. The van der Waals surface area contributed by atoms with Gasteiger partial charge < -0.3 is 16.2 Å². The molecule has 14 heavy (non-hydrogen) atoms. The Kier molecular flexibility index (Phi) is 2.91. The van der Waals surface area contributed by atoms with Crippen molar-refractivity contribution in [2.75, 3.05) is 18.1 Å². The smallest absolute Gasteiger partial charge is 0.341 e. The Morgan fingerprint density at radius 3 is 2.71 bits per heavy atom. The summed E-state index contributed by atoms with van der Waals surface area (Å²) in [5.41, 5.74) is 10.3. The van der Waals surface area contributed by atoms with Crippen LogP contribution in [-0.2, 0) is 4.74 Å². The van der Waals surface area contributed by atoms with Crippen molar-refractivity contribution in [3.05, 3.63) is 23.5 Å². The molecule has 0 amide bonds. The minimum absolute atomic E-state index is 0.107. The quantitative estimate of drug-likeness (QED) is 0.552. The molecule has 0 aliphatic heterocycles. The lowest BCUT2D eigenvalue weighted by molar-refractivity contribution is 0.0521. The van der Waals surface area contributed by atoms with Crippen molar-refractivity contribution in [2.24, 2.45) is 0 Å². The zero-order chi connectivity index (χ0) is 10.7. The number of hydrogen-bond donors (Lipinski definition) is 2. The molecule has 0 saturated carbocycles. The first-order chi connectivity index (χ1) is 6.57. The molecule has 0 spiro atoms. The maximum Gasteiger partial charge on any atom is 0.341 e. The van der Waals surface area contributed by atoms with E-state index in [0.29, 0.717) is 0 Å². The monoisotopic (exact) mass is 198 g/mol. The molecule has 0 atom stereocenters. The number of halogens is 1. The molecular formula is C9H11FN2O2. The fourth-order valence-electron chi connectivity index (χ4n) is 0.974. The minimum atomic E-state index is -0.830. The third-order valence-corrected chi connectivity index (χ3v) is 1.71. The van der Waals surface area contributed by atoms with Crippen molar-refractivity contribution < 1.29 is 13.9 Å². The molecule has 1 rings (SSSR count). The van der Waals surface area contributed by atoms with Crippen LogP contribution >= 0.6 is 0 Å². The molecular weight excluding hydrogens is 187 g/mol. The Morgan fingerprint density at radius 2 is 2.14 bits per heavy atom. The Labute approximate surface area is 80.6 Å². The summed E-state index contributed by atoms with van der Waals surface area (Å²) in [6, 6.07) is 2.61. The molecule has 0 saturated heterocycles. The van der Waals surface area contributed by atoms with Gasteiger partial charge in [-0.05, 0) is 19.1 Å². The first-order valence-electron chi connectivity index (χ1n) is 4.08. The second kappa shape index (κ2) is 3.95. The average Bonchev–Trinajstić information content (AvgIpc) is 2.15. The predicted molar refractivity (Wildman–Crippen MR) is 51.2 cm³/mol. The molecule has 0 aliphatic rings. The van der Waals surface area contributed by atoms with Crippen LogP contribution in [0, 0.1) is 5.82 Å². The van der Waals surface area contributed by atoms with Crippen molar-refractivity contribution >= 4 is 17.3 Å². The molecule has 4 nitrogen and oxygen atoms in total. The van der Waals surface area contributed by atoms with Crippen LogP contribution in [0.25, 0.3) is 0 Å². The van der Waals surface area contributed by atoms with Crippen LogP contribution < -0.4 is 11.5 Å². The highest BCUT2D eigenvalue weighted by molar-refractivity contribution is 5.92. The predicted octanol–water partition coefficient (Wildman–Crippen LogP) is 1.17. The maximum atomic E-state index is 13.3. The molecule has 0 aliphatic carbocycles. The first kappa shape index (κ1) is 10.3. The summed E-state index contributed by atoms with van der Waals surface area (Å²) < 4.78 is 18.0. The third-order valence-electron chi connectivity index (χ3n) is 1.71. The lowest BCUT2D eigenvalue weighted by Crippen LogP contribution is -2.10. The SMILES string of the molecule is CCOC(=O)c1ccc(N)c(N)c1F. The minimum Gasteiger partial charge on any atom is -0.462 e. The van der Waals surface area contributed by atoms with Gasteiger partial charge in [-0.1, -0.05) is 0 Å². The summed E-state index contributed by atoms with van der Waals surface area (Å²) in [6.45, 7) is 1.82. The van der Waals surface area contributed by atoms with Gasteiger partial charge in [-0.3, -0.25) is 0 Å². The Hall–Kier alpha value is -1.78. The van der Waals surface area contributed by atoms with Gasteiger partial charge in [0.1, 0.15) is 0 Å². The van der Waals surface area contributed by atoms with E-state index in [1.54, 1.807) is 6.92 Å². The number of anilines is 2. The summed E-state index contributed by atoms with van der Waals surface area (Å²) in [6.07, 6.45) is 0. The summed E-state index contributed by atoms with van der Waals surface area (Å²) in [5, 5.41) is 0. The highest BCUT2D eigenvalue weighted by Gasteiger charge is 2.16. The van der Waals surface area contributed by atoms with E-state index in [1.165, 1.54) is 12.1 Å². The summed E-state index contributed by atoms with van der Waals surface area (Å²) in [4.78, 5) is 11.2. The van der Waals surface area contributed by atoms with Gasteiger partial charge in [0.15, 0.2) is 5.82 Å². The number of nitrogen functional groups attached to an aromatic ring is 2. The van der Waals surface area contributed by atoms with E-state index in [2.05, 4.69) is 4.74 Å². The van der Waals surface area contributed by atoms with Crippen LogP contribution in [0.5, 0.6) is 0 Å². The van der Waals surface area contributed by atoms with Crippen LogP contribution in [-0.4, -0.2) is 12.6 Å². The zero-order valence-electron chi connectivity index (χ0n) is 7.71. The van der Waals surface area contributed by atoms with Crippen LogP contribution in [0.3, 0.4) is 0 Å². The van der Waals surface area contributed by atoms with Gasteiger partial charge in [-0.15, -0.1) is 0 Å². The zero-order valence-corrected chi connectivity index (χ0v) is 7.71. The third kappa shape index (κ3) is 1.76. The van der Waals surface area contributed by atoms with Crippen LogP contribution in [0.4, 0.5) is 15.8 Å². The maximum absolute atomic E-state index is 13.3. The lowest BCUT2D eigenvalue weighted by Gasteiger charge is -2.06. The molecule has 0 heterocycles. The number of carbonyl (C=O) groups excluding carboxylic acids is 1. The van der Waals surface area contributed by atoms with Crippen molar-refractivity contribution in [2.45, 2.75) is 6.92 Å². The molecule has 0 fully saturated rings. The summed E-state index contributed by atoms with van der Waals surface area (Å²) >= 11 is 0. The normalized spacial score (nSPS) is 9.86. The Bertz CT molecular complexity index is 366. The molecule has 76 valence electrons. The van der Waals surface area contributed by atoms with E-state index in [4.69, 9.17) is 11.5 Å². The Balaban J connectivity index is 3.11. The number of rotatable bonds is 2. The van der Waals surface area contributed by atoms with Crippen LogP contribution in [0.1, 0.15) is 17.3 Å². The number of hydrogen-bond acceptors (Lipinski definition) is 4. The van der Waals surface area contributed by atoms with Gasteiger partial charge >= 0.3 is 5.97 Å². The average molecular weight is 198 g/mol. The molecule has 5 heteroatoms. The number of benzene rings is 1. The summed E-state index contributed by atoms with van der Waals surface area (Å²) in [7, 11) is 0. The molecule has 0 unspecified atom stereocenters. The van der Waals surface area contributed by atoms with E-state index in [1.807, 2.05) is 0 Å². The van der Waals surface area contributed by atoms with E-state index in [9.17, 15) is 9.18 Å². The number of ether oxygens (including phenoxy) is 1. The molecule has 0 aromatic heterocycles. The standard InChI is InChI=1S/C9H11FN2O2/c1-2-14-9(13)5-3-4-6(11)8(12)7(5)10/h3-4H,2,11-12H2,1H3. The van der Waals surface area contributed by atoms with Crippen molar-refractivity contribution in [3.8, 4) is 0 Å². The lowest BCUT2D eigenvalue weighted by atomic mass is 10.1. The van der Waals surface area contributed by atoms with E-state index >= 15 is 0 Å². The highest BCUT2D eigenvalue weighted by Crippen LogP contribution is 2.22. The van der Waals surface area contributed by atoms with Crippen molar-refractivity contribution in [3.63, 3.8) is 0 Å². The molecule has 4 N–H and O–H groups in total. The molecule has 0 bridgehead atoms. The number of esters is 1.